The van der Waals surface area contributed by atoms with Crippen LogP contribution in [0.2, 0.25) is 5.02 Å². The second-order valence-corrected chi connectivity index (χ2v) is 5.05. The Balaban J connectivity index is 2.75. The van der Waals surface area contributed by atoms with E-state index in [1.165, 1.54) is 0 Å². The molecule has 0 fully saturated rings. The number of pyridine rings is 1. The van der Waals surface area contributed by atoms with Crippen molar-refractivity contribution in [2.45, 2.75) is 6.18 Å². The van der Waals surface area contributed by atoms with Gasteiger partial charge in [0.25, 0.3) is 0 Å². The summed E-state index contributed by atoms with van der Waals surface area (Å²) in [6.45, 7) is 0. The lowest BCUT2D eigenvalue weighted by atomic mass is 10.0. The minimum absolute atomic E-state index is 0.0725. The van der Waals surface area contributed by atoms with Crippen molar-refractivity contribution in [3.63, 3.8) is 0 Å². The van der Waals surface area contributed by atoms with Gasteiger partial charge in [0, 0.05) is 11.8 Å². The van der Waals surface area contributed by atoms with Gasteiger partial charge in [0.15, 0.2) is 5.69 Å². The average molecular weight is 384 g/mol. The first kappa shape index (κ1) is 13.6. The lowest BCUT2D eigenvalue weighted by Gasteiger charge is -2.14. The molecule has 18 heavy (non-hydrogen) atoms. The fraction of sp³-hybridized carbons (Fsp3) is 0.0833. The van der Waals surface area contributed by atoms with Gasteiger partial charge < -0.3 is 0 Å². The van der Waals surface area contributed by atoms with Gasteiger partial charge in [-0.05, 0) is 28.2 Å². The van der Waals surface area contributed by atoms with E-state index in [9.17, 15) is 13.2 Å². The van der Waals surface area contributed by atoms with Gasteiger partial charge in [-0.1, -0.05) is 41.9 Å². The van der Waals surface area contributed by atoms with Crippen LogP contribution in [0.25, 0.3) is 11.1 Å². The van der Waals surface area contributed by atoms with Crippen LogP contribution in [0, 0.1) is 3.57 Å². The predicted molar refractivity (Wildman–Crippen MR) is 72.4 cm³/mol. The van der Waals surface area contributed by atoms with Gasteiger partial charge >= 0.3 is 6.18 Å². The van der Waals surface area contributed by atoms with Crippen LogP contribution in [0.4, 0.5) is 13.2 Å². The van der Waals surface area contributed by atoms with Crippen molar-refractivity contribution in [3.8, 4) is 11.1 Å². The maximum Gasteiger partial charge on any atom is 0.434 e. The Labute approximate surface area is 120 Å². The number of hydrogen-bond acceptors (Lipinski definition) is 1. The van der Waals surface area contributed by atoms with Gasteiger partial charge in [0.05, 0.1) is 8.59 Å². The van der Waals surface area contributed by atoms with E-state index in [0.29, 0.717) is 9.13 Å². The van der Waals surface area contributed by atoms with E-state index in [1.54, 1.807) is 30.3 Å². The first-order chi connectivity index (χ1) is 8.41. The monoisotopic (exact) mass is 383 g/mol. The zero-order valence-electron chi connectivity index (χ0n) is 8.80. The first-order valence-corrected chi connectivity index (χ1v) is 6.33. The van der Waals surface area contributed by atoms with E-state index >= 15 is 0 Å². The van der Waals surface area contributed by atoms with Crippen LogP contribution in [0.5, 0.6) is 0 Å². The van der Waals surface area contributed by atoms with Crippen molar-refractivity contribution < 1.29 is 13.2 Å². The van der Waals surface area contributed by atoms with E-state index in [2.05, 4.69) is 4.98 Å². The zero-order valence-corrected chi connectivity index (χ0v) is 11.7. The molecule has 0 unspecified atom stereocenters. The molecule has 0 aliphatic carbocycles. The smallest absolute Gasteiger partial charge is 0.250 e. The topological polar surface area (TPSA) is 12.9 Å². The molecule has 0 amide bonds. The summed E-state index contributed by atoms with van der Waals surface area (Å²) in [5.74, 6) is 0. The molecule has 0 aliphatic rings. The highest BCUT2D eigenvalue weighted by Gasteiger charge is 2.37. The van der Waals surface area contributed by atoms with Gasteiger partial charge in [0.2, 0.25) is 0 Å². The van der Waals surface area contributed by atoms with E-state index in [0.717, 1.165) is 6.20 Å². The second kappa shape index (κ2) is 5.05. The molecule has 0 saturated carbocycles. The predicted octanol–water partition coefficient (Wildman–Crippen LogP) is 5.03. The van der Waals surface area contributed by atoms with Crippen LogP contribution in [-0.4, -0.2) is 4.98 Å². The summed E-state index contributed by atoms with van der Waals surface area (Å²) in [7, 11) is 0. The van der Waals surface area contributed by atoms with Crippen molar-refractivity contribution in [1.82, 2.24) is 4.98 Å². The number of halogens is 5. The molecule has 2 rings (SSSR count). The van der Waals surface area contributed by atoms with Gasteiger partial charge in [-0.15, -0.1) is 0 Å². The summed E-state index contributed by atoms with van der Waals surface area (Å²) in [5, 5.41) is 0.0733. The van der Waals surface area contributed by atoms with Gasteiger partial charge in [-0.3, -0.25) is 0 Å². The number of aromatic nitrogens is 1. The maximum atomic E-state index is 12.9. The summed E-state index contributed by atoms with van der Waals surface area (Å²) in [6, 6.07) is 8.20. The van der Waals surface area contributed by atoms with E-state index in [-0.39, 0.29) is 10.6 Å². The standard InChI is InChI=1S/C12H6ClF3IN/c13-10-8(17)6-18-11(12(14,15)16)9(10)7-4-2-1-3-5-7/h1-6H. The fourth-order valence-corrected chi connectivity index (χ4v) is 2.21. The summed E-state index contributed by atoms with van der Waals surface area (Å²) in [6.07, 6.45) is -3.41. The Hall–Kier alpha value is -0.820. The number of rotatable bonds is 1. The Morgan fingerprint density at radius 2 is 1.72 bits per heavy atom. The Bertz CT molecular complexity index is 570. The number of hydrogen-bond donors (Lipinski definition) is 0. The first-order valence-electron chi connectivity index (χ1n) is 4.88. The molecule has 0 N–H and O–H groups in total. The second-order valence-electron chi connectivity index (χ2n) is 3.51. The maximum absolute atomic E-state index is 12.9. The number of nitrogens with zero attached hydrogens (tertiary/aromatic N) is 1. The molecule has 0 aliphatic heterocycles. The molecule has 1 aromatic heterocycles. The number of alkyl halides is 3. The Morgan fingerprint density at radius 1 is 1.11 bits per heavy atom. The van der Waals surface area contributed by atoms with Crippen molar-refractivity contribution in [1.29, 1.82) is 0 Å². The Morgan fingerprint density at radius 3 is 2.28 bits per heavy atom. The molecule has 0 spiro atoms. The van der Waals surface area contributed by atoms with Gasteiger partial charge in [-0.25, -0.2) is 4.98 Å². The summed E-state index contributed by atoms with van der Waals surface area (Å²) in [4.78, 5) is 3.47. The Kier molecular flexibility index (Phi) is 3.82. The third kappa shape index (κ3) is 2.61. The third-order valence-corrected chi connectivity index (χ3v) is 3.83. The third-order valence-electron chi connectivity index (χ3n) is 2.30. The molecule has 0 atom stereocenters. The largest absolute Gasteiger partial charge is 0.434 e. The van der Waals surface area contributed by atoms with Crippen LogP contribution in [0.1, 0.15) is 5.69 Å². The van der Waals surface area contributed by atoms with Crippen LogP contribution in [0.3, 0.4) is 0 Å². The molecule has 0 radical (unpaired) electrons. The molecule has 1 aromatic carbocycles. The van der Waals surface area contributed by atoms with Crippen LogP contribution in [-0.2, 0) is 6.18 Å². The molecule has 1 heterocycles. The SMILES string of the molecule is FC(F)(F)c1ncc(I)c(Cl)c1-c1ccccc1. The highest BCUT2D eigenvalue weighted by Crippen LogP contribution is 2.40. The summed E-state index contributed by atoms with van der Waals surface area (Å²) in [5.41, 5.74) is -0.628. The van der Waals surface area contributed by atoms with Crippen LogP contribution >= 0.6 is 34.2 Å². The van der Waals surface area contributed by atoms with E-state index in [4.69, 9.17) is 11.6 Å². The summed E-state index contributed by atoms with van der Waals surface area (Å²) >= 11 is 7.85. The zero-order chi connectivity index (χ0) is 13.3. The molecule has 6 heteroatoms. The molecule has 1 nitrogen and oxygen atoms in total. The van der Waals surface area contributed by atoms with Crippen molar-refractivity contribution in [3.05, 3.63) is 50.8 Å². The fourth-order valence-electron chi connectivity index (χ4n) is 1.55. The minimum Gasteiger partial charge on any atom is -0.250 e. The van der Waals surface area contributed by atoms with Crippen molar-refractivity contribution in [2.75, 3.05) is 0 Å². The van der Waals surface area contributed by atoms with Gasteiger partial charge in [0.1, 0.15) is 0 Å². The summed E-state index contributed by atoms with van der Waals surface area (Å²) < 4.78 is 39.3. The molecular formula is C12H6ClF3IN. The van der Waals surface area contributed by atoms with Crippen molar-refractivity contribution >= 4 is 34.2 Å². The average Bonchev–Trinajstić information content (AvgIpc) is 2.32. The molecule has 94 valence electrons. The minimum atomic E-state index is -4.53. The molecule has 2 aromatic rings. The molecular weight excluding hydrogens is 377 g/mol. The number of benzene rings is 1. The molecule has 0 saturated heterocycles. The van der Waals surface area contributed by atoms with Crippen LogP contribution in [0.15, 0.2) is 36.5 Å². The van der Waals surface area contributed by atoms with Gasteiger partial charge in [-0.2, -0.15) is 13.2 Å². The lowest BCUT2D eigenvalue weighted by Crippen LogP contribution is -2.11. The van der Waals surface area contributed by atoms with E-state index < -0.39 is 11.9 Å². The quantitative estimate of drug-likeness (QED) is 0.630. The normalized spacial score (nSPS) is 11.6. The van der Waals surface area contributed by atoms with Crippen LogP contribution < -0.4 is 0 Å². The molecule has 0 bridgehead atoms. The highest BCUT2D eigenvalue weighted by atomic mass is 127. The highest BCUT2D eigenvalue weighted by molar-refractivity contribution is 14.1. The van der Waals surface area contributed by atoms with Crippen molar-refractivity contribution in [2.24, 2.45) is 0 Å². The van der Waals surface area contributed by atoms with E-state index in [1.807, 2.05) is 22.6 Å². The lowest BCUT2D eigenvalue weighted by molar-refractivity contribution is -0.140.